The second-order valence-electron chi connectivity index (χ2n) is 4.60. The first-order valence-electron chi connectivity index (χ1n) is 6.21. The normalized spacial score (nSPS) is 12.7. The molecule has 1 heterocycles. The van der Waals surface area contributed by atoms with Gasteiger partial charge in [-0.1, -0.05) is 5.16 Å². The van der Waals surface area contributed by atoms with Gasteiger partial charge in [-0.05, 0) is 47.8 Å². The first-order chi connectivity index (χ1) is 9.49. The Bertz CT molecular complexity index is 601. The molecular weight excluding hydrogens is 332 g/mol. The first kappa shape index (κ1) is 15.1. The van der Waals surface area contributed by atoms with Gasteiger partial charge in [-0.15, -0.1) is 0 Å². The molecule has 0 spiro atoms. The Morgan fingerprint density at radius 1 is 1.40 bits per heavy atom. The van der Waals surface area contributed by atoms with E-state index < -0.39 is 11.6 Å². The fourth-order valence-electron chi connectivity index (χ4n) is 1.74. The highest BCUT2D eigenvalue weighted by Crippen LogP contribution is 2.30. The minimum Gasteiger partial charge on any atom is -0.339 e. The van der Waals surface area contributed by atoms with Crippen molar-refractivity contribution in [1.29, 1.82) is 0 Å². The van der Waals surface area contributed by atoms with Crippen LogP contribution in [0.15, 0.2) is 21.1 Å². The Hall–Kier alpha value is -1.34. The summed E-state index contributed by atoms with van der Waals surface area (Å²) >= 11 is 3.00. The van der Waals surface area contributed by atoms with E-state index in [1.807, 2.05) is 6.92 Å². The van der Waals surface area contributed by atoms with E-state index in [-0.39, 0.29) is 16.3 Å². The minimum atomic E-state index is -0.967. The van der Waals surface area contributed by atoms with Crippen LogP contribution < -0.4 is 5.73 Å². The molecule has 4 nitrogen and oxygen atoms in total. The highest BCUT2D eigenvalue weighted by molar-refractivity contribution is 9.10. The van der Waals surface area contributed by atoms with Crippen LogP contribution in [0.1, 0.15) is 25.7 Å². The van der Waals surface area contributed by atoms with Gasteiger partial charge in [-0.2, -0.15) is 4.98 Å². The number of aromatic nitrogens is 2. The predicted molar refractivity (Wildman–Crippen MR) is 73.9 cm³/mol. The Kier molecular flexibility index (Phi) is 4.82. The third kappa shape index (κ3) is 3.40. The molecule has 7 heteroatoms. The van der Waals surface area contributed by atoms with E-state index in [9.17, 15) is 8.78 Å². The van der Waals surface area contributed by atoms with Gasteiger partial charge in [-0.25, -0.2) is 8.78 Å². The molecule has 0 saturated heterocycles. The summed E-state index contributed by atoms with van der Waals surface area (Å²) in [5.74, 6) is -1.21. The van der Waals surface area contributed by atoms with E-state index in [1.165, 1.54) is 6.07 Å². The van der Waals surface area contributed by atoms with Crippen LogP contribution in [0.3, 0.4) is 0 Å². The average Bonchev–Trinajstić information content (AvgIpc) is 2.84. The van der Waals surface area contributed by atoms with E-state index in [2.05, 4.69) is 26.1 Å². The van der Waals surface area contributed by atoms with Gasteiger partial charge in [0.2, 0.25) is 11.7 Å². The zero-order valence-electron chi connectivity index (χ0n) is 10.9. The summed E-state index contributed by atoms with van der Waals surface area (Å²) in [5, 5.41) is 3.78. The van der Waals surface area contributed by atoms with Crippen LogP contribution in [-0.4, -0.2) is 16.2 Å². The Balaban J connectivity index is 2.15. The molecule has 0 amide bonds. The summed E-state index contributed by atoms with van der Waals surface area (Å²) in [7, 11) is 0. The van der Waals surface area contributed by atoms with Gasteiger partial charge in [0, 0.05) is 18.0 Å². The number of aryl methyl sites for hydroxylation is 1. The number of halogens is 3. The summed E-state index contributed by atoms with van der Waals surface area (Å²) in [4.78, 5) is 4.17. The second kappa shape index (κ2) is 6.41. The van der Waals surface area contributed by atoms with Crippen LogP contribution in [0.4, 0.5) is 8.78 Å². The van der Waals surface area contributed by atoms with Gasteiger partial charge in [0.15, 0.2) is 11.6 Å². The number of benzene rings is 1. The van der Waals surface area contributed by atoms with Crippen LogP contribution in [0.25, 0.3) is 11.4 Å². The standard InChI is InChI=1S/C13H14BrF2N3O/c1-7(17)3-2-4-10-18-13(19-20-10)8-5-6-9(15)12(16)11(8)14/h5-7H,2-4,17H2,1H3. The maximum Gasteiger partial charge on any atom is 0.226 e. The summed E-state index contributed by atoms with van der Waals surface area (Å²) in [6.07, 6.45) is 2.29. The van der Waals surface area contributed by atoms with Crippen LogP contribution in [0.5, 0.6) is 0 Å². The molecule has 1 aromatic heterocycles. The van der Waals surface area contributed by atoms with E-state index in [1.54, 1.807) is 0 Å². The molecule has 0 bridgehead atoms. The van der Waals surface area contributed by atoms with Crippen LogP contribution in [-0.2, 0) is 6.42 Å². The first-order valence-corrected chi connectivity index (χ1v) is 7.00. The topological polar surface area (TPSA) is 64.9 Å². The van der Waals surface area contributed by atoms with Crippen molar-refractivity contribution in [3.05, 3.63) is 34.1 Å². The van der Waals surface area contributed by atoms with Crippen LogP contribution in [0, 0.1) is 11.6 Å². The Morgan fingerprint density at radius 2 is 2.15 bits per heavy atom. The lowest BCUT2D eigenvalue weighted by atomic mass is 10.1. The van der Waals surface area contributed by atoms with Crippen LogP contribution in [0.2, 0.25) is 0 Å². The maximum absolute atomic E-state index is 13.5. The lowest BCUT2D eigenvalue weighted by Crippen LogP contribution is -2.14. The molecule has 0 saturated carbocycles. The molecule has 0 fully saturated rings. The zero-order chi connectivity index (χ0) is 14.7. The summed E-state index contributed by atoms with van der Waals surface area (Å²) < 4.78 is 31.6. The second-order valence-corrected chi connectivity index (χ2v) is 5.40. The SMILES string of the molecule is CC(N)CCCc1nc(-c2ccc(F)c(F)c2Br)no1. The smallest absolute Gasteiger partial charge is 0.226 e. The van der Waals surface area contributed by atoms with Crippen molar-refractivity contribution in [2.24, 2.45) is 5.73 Å². The molecule has 20 heavy (non-hydrogen) atoms. The molecule has 2 rings (SSSR count). The molecule has 0 aliphatic heterocycles. The van der Waals surface area contributed by atoms with Crippen LogP contribution >= 0.6 is 15.9 Å². The van der Waals surface area contributed by atoms with E-state index >= 15 is 0 Å². The van der Waals surface area contributed by atoms with E-state index in [0.29, 0.717) is 17.9 Å². The summed E-state index contributed by atoms with van der Waals surface area (Å²) in [6.45, 7) is 1.93. The van der Waals surface area contributed by atoms with Crippen molar-refractivity contribution in [1.82, 2.24) is 10.1 Å². The van der Waals surface area contributed by atoms with Crippen molar-refractivity contribution in [2.75, 3.05) is 0 Å². The van der Waals surface area contributed by atoms with Gasteiger partial charge >= 0.3 is 0 Å². The van der Waals surface area contributed by atoms with Crippen molar-refractivity contribution in [2.45, 2.75) is 32.2 Å². The van der Waals surface area contributed by atoms with Gasteiger partial charge in [0.25, 0.3) is 0 Å². The molecule has 0 aliphatic rings. The summed E-state index contributed by atoms with van der Waals surface area (Å²) in [6, 6.07) is 2.55. The Labute approximate surface area is 123 Å². The zero-order valence-corrected chi connectivity index (χ0v) is 12.5. The number of hydrogen-bond acceptors (Lipinski definition) is 4. The van der Waals surface area contributed by atoms with Gasteiger partial charge in [0.1, 0.15) is 0 Å². The number of nitrogens with two attached hydrogens (primary N) is 1. The average molecular weight is 346 g/mol. The van der Waals surface area contributed by atoms with Gasteiger partial charge in [0.05, 0.1) is 4.47 Å². The fourth-order valence-corrected chi connectivity index (χ4v) is 2.24. The highest BCUT2D eigenvalue weighted by atomic mass is 79.9. The minimum absolute atomic E-state index is 0.0135. The molecule has 108 valence electrons. The lowest BCUT2D eigenvalue weighted by molar-refractivity contribution is 0.373. The molecule has 2 aromatic rings. The highest BCUT2D eigenvalue weighted by Gasteiger charge is 2.17. The molecule has 0 aliphatic carbocycles. The predicted octanol–water partition coefficient (Wildman–Crippen LogP) is 3.45. The number of rotatable bonds is 5. The van der Waals surface area contributed by atoms with Gasteiger partial charge in [-0.3, -0.25) is 0 Å². The number of nitrogens with zero attached hydrogens (tertiary/aromatic N) is 2. The van der Waals surface area contributed by atoms with Crippen molar-refractivity contribution in [3.63, 3.8) is 0 Å². The molecular formula is C13H14BrF2N3O. The third-order valence-electron chi connectivity index (χ3n) is 2.79. The van der Waals surface area contributed by atoms with E-state index in [0.717, 1.165) is 18.9 Å². The third-order valence-corrected chi connectivity index (χ3v) is 3.57. The van der Waals surface area contributed by atoms with Gasteiger partial charge < -0.3 is 10.3 Å². The lowest BCUT2D eigenvalue weighted by Gasteiger charge is -2.01. The molecule has 0 radical (unpaired) electrons. The van der Waals surface area contributed by atoms with Crippen molar-refractivity contribution >= 4 is 15.9 Å². The largest absolute Gasteiger partial charge is 0.339 e. The van der Waals surface area contributed by atoms with Crippen molar-refractivity contribution < 1.29 is 13.3 Å². The molecule has 1 aromatic carbocycles. The monoisotopic (exact) mass is 345 g/mol. The molecule has 1 atom stereocenters. The Morgan fingerprint density at radius 3 is 2.85 bits per heavy atom. The van der Waals surface area contributed by atoms with E-state index in [4.69, 9.17) is 10.3 Å². The fraction of sp³-hybridized carbons (Fsp3) is 0.385. The number of hydrogen-bond donors (Lipinski definition) is 1. The quantitative estimate of drug-likeness (QED) is 0.843. The maximum atomic E-state index is 13.5. The molecule has 1 unspecified atom stereocenters. The molecule has 2 N–H and O–H groups in total. The summed E-state index contributed by atoms with van der Waals surface area (Å²) in [5.41, 5.74) is 6.01. The van der Waals surface area contributed by atoms with Crippen molar-refractivity contribution in [3.8, 4) is 11.4 Å².